The highest BCUT2D eigenvalue weighted by molar-refractivity contribution is 5.99. The zero-order valence-electron chi connectivity index (χ0n) is 14.5. The van der Waals surface area contributed by atoms with Crippen molar-refractivity contribution in [2.75, 3.05) is 6.54 Å². The molecule has 3 nitrogen and oxygen atoms in total. The standard InChI is InChI=1S/C21H25NO2/c1-3-21-11-7-13-22-19(21)16(10-12-21)18(15-8-5-4-6-9-15)17(14(2)23)20(22)24/h4-6,8-9,18,23H,3,7,10-13H2,1-2H3/b17-14-/t18-,21-/m1/s1. The van der Waals surface area contributed by atoms with Gasteiger partial charge in [-0.3, -0.25) is 4.79 Å². The van der Waals surface area contributed by atoms with E-state index in [0.717, 1.165) is 37.8 Å². The minimum Gasteiger partial charge on any atom is -0.512 e. The Morgan fingerprint density at radius 1 is 1.29 bits per heavy atom. The first-order valence-corrected chi connectivity index (χ1v) is 9.09. The quantitative estimate of drug-likeness (QED) is 0.634. The van der Waals surface area contributed by atoms with E-state index in [1.807, 2.05) is 23.1 Å². The van der Waals surface area contributed by atoms with Crippen LogP contribution >= 0.6 is 0 Å². The van der Waals surface area contributed by atoms with Crippen LogP contribution in [0.15, 0.2) is 52.9 Å². The molecule has 1 aliphatic carbocycles. The second kappa shape index (κ2) is 5.51. The maximum absolute atomic E-state index is 13.2. The van der Waals surface area contributed by atoms with E-state index in [2.05, 4.69) is 19.1 Å². The van der Waals surface area contributed by atoms with E-state index in [1.54, 1.807) is 6.92 Å². The summed E-state index contributed by atoms with van der Waals surface area (Å²) < 4.78 is 0. The maximum atomic E-state index is 13.2. The molecule has 2 heterocycles. The monoisotopic (exact) mass is 323 g/mol. The number of allylic oxidation sites excluding steroid dienone is 3. The van der Waals surface area contributed by atoms with Gasteiger partial charge >= 0.3 is 0 Å². The summed E-state index contributed by atoms with van der Waals surface area (Å²) in [5.74, 6) is 0.100. The molecule has 0 saturated carbocycles. The number of benzene rings is 1. The fourth-order valence-electron chi connectivity index (χ4n) is 5.17. The van der Waals surface area contributed by atoms with Crippen LogP contribution in [0, 0.1) is 5.41 Å². The van der Waals surface area contributed by atoms with E-state index in [1.165, 1.54) is 17.7 Å². The summed E-state index contributed by atoms with van der Waals surface area (Å²) in [5.41, 5.74) is 4.53. The zero-order chi connectivity index (χ0) is 16.9. The van der Waals surface area contributed by atoms with Crippen LogP contribution in [0.1, 0.15) is 57.4 Å². The molecule has 3 aliphatic rings. The van der Waals surface area contributed by atoms with Crippen molar-refractivity contribution in [3.05, 3.63) is 58.5 Å². The molecule has 0 aromatic heterocycles. The second-order valence-electron chi connectivity index (χ2n) is 7.41. The van der Waals surface area contributed by atoms with Gasteiger partial charge < -0.3 is 10.0 Å². The van der Waals surface area contributed by atoms with Gasteiger partial charge in [0.15, 0.2) is 0 Å². The normalized spacial score (nSPS) is 31.3. The summed E-state index contributed by atoms with van der Waals surface area (Å²) in [4.78, 5) is 15.2. The lowest BCUT2D eigenvalue weighted by atomic mass is 9.72. The van der Waals surface area contributed by atoms with Gasteiger partial charge in [0.05, 0.1) is 11.3 Å². The van der Waals surface area contributed by atoms with E-state index >= 15 is 0 Å². The molecule has 1 N–H and O–H groups in total. The van der Waals surface area contributed by atoms with Gasteiger partial charge in [-0.25, -0.2) is 0 Å². The third kappa shape index (κ3) is 2.00. The lowest BCUT2D eigenvalue weighted by molar-refractivity contribution is -0.128. The third-order valence-corrected chi connectivity index (χ3v) is 6.30. The van der Waals surface area contributed by atoms with Crippen molar-refractivity contribution in [3.8, 4) is 0 Å². The highest BCUT2D eigenvalue weighted by atomic mass is 16.3. The van der Waals surface area contributed by atoms with Gasteiger partial charge in [-0.2, -0.15) is 0 Å². The summed E-state index contributed by atoms with van der Waals surface area (Å²) in [6, 6.07) is 10.2. The number of aliphatic hydroxyl groups excluding tert-OH is 1. The summed E-state index contributed by atoms with van der Waals surface area (Å²) in [6.45, 7) is 4.70. The average Bonchev–Trinajstić information content (AvgIpc) is 2.99. The average molecular weight is 323 g/mol. The molecule has 3 heteroatoms. The van der Waals surface area contributed by atoms with Crippen LogP contribution in [0.25, 0.3) is 0 Å². The lowest BCUT2D eigenvalue weighted by Gasteiger charge is -2.46. The number of piperidine rings is 1. The van der Waals surface area contributed by atoms with E-state index < -0.39 is 0 Å². The van der Waals surface area contributed by atoms with E-state index in [9.17, 15) is 9.90 Å². The molecule has 2 atom stereocenters. The molecular weight excluding hydrogens is 298 g/mol. The summed E-state index contributed by atoms with van der Waals surface area (Å²) in [5, 5.41) is 10.3. The molecule has 1 fully saturated rings. The highest BCUT2D eigenvalue weighted by Gasteiger charge is 2.52. The summed E-state index contributed by atoms with van der Waals surface area (Å²) in [6.07, 6.45) is 5.51. The molecular formula is C21H25NO2. The molecule has 0 radical (unpaired) electrons. The van der Waals surface area contributed by atoms with Crippen LogP contribution < -0.4 is 0 Å². The summed E-state index contributed by atoms with van der Waals surface area (Å²) in [7, 11) is 0. The highest BCUT2D eigenvalue weighted by Crippen LogP contribution is 2.59. The van der Waals surface area contributed by atoms with E-state index in [4.69, 9.17) is 0 Å². The number of hydrogen-bond acceptors (Lipinski definition) is 2. The van der Waals surface area contributed by atoms with Gasteiger partial charge in [0, 0.05) is 23.6 Å². The molecule has 1 amide bonds. The fraction of sp³-hybridized carbons (Fsp3) is 0.476. The van der Waals surface area contributed by atoms with Gasteiger partial charge in [-0.1, -0.05) is 37.3 Å². The topological polar surface area (TPSA) is 40.5 Å². The molecule has 4 rings (SSSR count). The predicted octanol–water partition coefficient (Wildman–Crippen LogP) is 4.68. The first-order chi connectivity index (χ1) is 11.6. The Kier molecular flexibility index (Phi) is 3.56. The Hall–Kier alpha value is -2.03. The minimum absolute atomic E-state index is 0.0158. The lowest BCUT2D eigenvalue weighted by Crippen LogP contribution is -2.46. The van der Waals surface area contributed by atoms with Crippen LogP contribution in [-0.4, -0.2) is 22.5 Å². The third-order valence-electron chi connectivity index (χ3n) is 6.30. The number of amides is 1. The van der Waals surface area contributed by atoms with Crippen molar-refractivity contribution in [1.29, 1.82) is 0 Å². The molecule has 24 heavy (non-hydrogen) atoms. The van der Waals surface area contributed by atoms with Crippen molar-refractivity contribution >= 4 is 5.91 Å². The maximum Gasteiger partial charge on any atom is 0.258 e. The fourth-order valence-corrected chi connectivity index (χ4v) is 5.17. The number of carbonyl (C=O) groups is 1. The Labute approximate surface area is 143 Å². The molecule has 1 aromatic rings. The molecule has 1 aromatic carbocycles. The summed E-state index contributed by atoms with van der Waals surface area (Å²) >= 11 is 0. The van der Waals surface area contributed by atoms with Crippen LogP contribution in [0.4, 0.5) is 0 Å². The van der Waals surface area contributed by atoms with Gasteiger partial charge in [-0.15, -0.1) is 0 Å². The number of aliphatic hydroxyl groups is 1. The first kappa shape index (κ1) is 15.5. The van der Waals surface area contributed by atoms with Crippen LogP contribution in [0.2, 0.25) is 0 Å². The zero-order valence-corrected chi connectivity index (χ0v) is 14.5. The smallest absolute Gasteiger partial charge is 0.258 e. The molecule has 0 spiro atoms. The van der Waals surface area contributed by atoms with Gasteiger partial charge in [0.1, 0.15) is 0 Å². The van der Waals surface area contributed by atoms with Crippen molar-refractivity contribution in [2.24, 2.45) is 5.41 Å². The number of hydrogen-bond donors (Lipinski definition) is 1. The second-order valence-corrected chi connectivity index (χ2v) is 7.41. The van der Waals surface area contributed by atoms with Crippen molar-refractivity contribution in [3.63, 3.8) is 0 Å². The Morgan fingerprint density at radius 3 is 2.71 bits per heavy atom. The molecule has 0 unspecified atom stereocenters. The molecule has 0 bridgehead atoms. The van der Waals surface area contributed by atoms with Crippen LogP contribution in [0.3, 0.4) is 0 Å². The Balaban J connectivity index is 1.97. The van der Waals surface area contributed by atoms with Gasteiger partial charge in [0.25, 0.3) is 5.91 Å². The van der Waals surface area contributed by atoms with Crippen molar-refractivity contribution in [1.82, 2.24) is 4.90 Å². The van der Waals surface area contributed by atoms with Crippen LogP contribution in [0.5, 0.6) is 0 Å². The Bertz CT molecular complexity index is 742. The molecule has 2 aliphatic heterocycles. The minimum atomic E-state index is -0.0820. The SMILES string of the molecule is CC[C@]12CCCN3C(=O)/C(=C(/C)O)[C@H](c4ccccc4)C(=C31)CC2. The largest absolute Gasteiger partial charge is 0.512 e. The van der Waals surface area contributed by atoms with Crippen LogP contribution in [-0.2, 0) is 4.79 Å². The van der Waals surface area contributed by atoms with Crippen molar-refractivity contribution in [2.45, 2.75) is 51.9 Å². The first-order valence-electron chi connectivity index (χ1n) is 9.09. The van der Waals surface area contributed by atoms with Gasteiger partial charge in [0.2, 0.25) is 0 Å². The van der Waals surface area contributed by atoms with Crippen molar-refractivity contribution < 1.29 is 9.90 Å². The van der Waals surface area contributed by atoms with Gasteiger partial charge in [-0.05, 0) is 50.2 Å². The number of rotatable bonds is 2. The number of carbonyl (C=O) groups excluding carboxylic acids is 1. The molecule has 126 valence electrons. The Morgan fingerprint density at radius 2 is 2.04 bits per heavy atom. The number of nitrogens with zero attached hydrogens (tertiary/aromatic N) is 1. The van der Waals surface area contributed by atoms with E-state index in [0.29, 0.717) is 5.57 Å². The van der Waals surface area contributed by atoms with E-state index in [-0.39, 0.29) is 23.0 Å². The molecule has 1 saturated heterocycles. The predicted molar refractivity (Wildman–Crippen MR) is 94.4 cm³/mol.